The van der Waals surface area contributed by atoms with E-state index in [1.165, 1.54) is 0 Å². The van der Waals surface area contributed by atoms with Crippen LogP contribution in [0.15, 0.2) is 59.2 Å². The van der Waals surface area contributed by atoms with Crippen molar-refractivity contribution in [2.45, 2.75) is 12.5 Å². The van der Waals surface area contributed by atoms with E-state index in [9.17, 15) is 9.59 Å². The summed E-state index contributed by atoms with van der Waals surface area (Å²) in [5.74, 6) is -1.01. The summed E-state index contributed by atoms with van der Waals surface area (Å²) in [6, 6.07) is 13.3. The number of hydrogen-bond donors (Lipinski definition) is 2. The van der Waals surface area contributed by atoms with Crippen molar-refractivity contribution in [2.24, 2.45) is 5.73 Å². The van der Waals surface area contributed by atoms with Gasteiger partial charge in [-0.2, -0.15) is 0 Å². The van der Waals surface area contributed by atoms with Gasteiger partial charge in [-0.05, 0) is 35.9 Å². The Labute approximate surface area is 163 Å². The molecule has 3 N–H and O–H groups in total. The average Bonchev–Trinajstić information content (AvgIpc) is 2.63. The lowest BCUT2D eigenvalue weighted by Crippen LogP contribution is -2.46. The summed E-state index contributed by atoms with van der Waals surface area (Å²) in [5.41, 5.74) is 7.42. The second-order valence-electron chi connectivity index (χ2n) is 5.74. The normalized spacial score (nSPS) is 11.9. The zero-order valence-corrected chi connectivity index (χ0v) is 15.9. The summed E-state index contributed by atoms with van der Waals surface area (Å²) < 4.78 is 0.789. The standard InChI is InChI=1S/C19H15BrClN3O2/c20-15-6-5-12(21)9-11(15)10-17(18(22)25)24-19(26)14-7-8-23-16-4-2-1-3-13(14)16/h1-9,17H,10H2,(H2,22,25)(H,24,26)/t17-/m1/s1. The molecule has 3 aromatic rings. The maximum Gasteiger partial charge on any atom is 0.252 e. The topological polar surface area (TPSA) is 85.1 Å². The van der Waals surface area contributed by atoms with Gasteiger partial charge in [0.15, 0.2) is 0 Å². The van der Waals surface area contributed by atoms with E-state index in [0.29, 0.717) is 21.5 Å². The summed E-state index contributed by atoms with van der Waals surface area (Å²) in [6.45, 7) is 0. The number of benzene rings is 2. The molecule has 5 nitrogen and oxygen atoms in total. The summed E-state index contributed by atoms with van der Waals surface area (Å²) in [7, 11) is 0. The lowest BCUT2D eigenvalue weighted by Gasteiger charge is -2.17. The molecule has 0 saturated carbocycles. The van der Waals surface area contributed by atoms with E-state index in [-0.39, 0.29) is 12.3 Å². The van der Waals surface area contributed by atoms with Crippen molar-refractivity contribution in [1.29, 1.82) is 0 Å². The second-order valence-corrected chi connectivity index (χ2v) is 7.03. The molecule has 0 bridgehead atoms. The van der Waals surface area contributed by atoms with Gasteiger partial charge in [0, 0.05) is 27.5 Å². The number of nitrogens with zero attached hydrogens (tertiary/aromatic N) is 1. The van der Waals surface area contributed by atoms with Gasteiger partial charge in [0.1, 0.15) is 6.04 Å². The van der Waals surface area contributed by atoms with Gasteiger partial charge < -0.3 is 11.1 Å². The molecule has 1 heterocycles. The zero-order valence-electron chi connectivity index (χ0n) is 13.6. The molecule has 2 amide bonds. The number of nitrogens with one attached hydrogen (secondary N) is 1. The van der Waals surface area contributed by atoms with Crippen LogP contribution in [-0.2, 0) is 11.2 Å². The van der Waals surface area contributed by atoms with Crippen LogP contribution in [0.2, 0.25) is 5.02 Å². The van der Waals surface area contributed by atoms with Gasteiger partial charge in [-0.15, -0.1) is 0 Å². The lowest BCUT2D eigenvalue weighted by molar-refractivity contribution is -0.119. The van der Waals surface area contributed by atoms with E-state index in [2.05, 4.69) is 26.2 Å². The van der Waals surface area contributed by atoms with Crippen LogP contribution in [0.4, 0.5) is 0 Å². The predicted octanol–water partition coefficient (Wildman–Crippen LogP) is 3.48. The maximum absolute atomic E-state index is 12.7. The minimum absolute atomic E-state index is 0.227. The Balaban J connectivity index is 1.87. The number of amides is 2. The molecule has 3 rings (SSSR count). The van der Waals surface area contributed by atoms with Crippen LogP contribution in [-0.4, -0.2) is 22.8 Å². The van der Waals surface area contributed by atoms with Crippen molar-refractivity contribution < 1.29 is 9.59 Å². The molecule has 1 aromatic heterocycles. The lowest BCUT2D eigenvalue weighted by atomic mass is 10.0. The molecule has 132 valence electrons. The molecule has 26 heavy (non-hydrogen) atoms. The Morgan fingerprint density at radius 2 is 1.96 bits per heavy atom. The number of carbonyl (C=O) groups excluding carboxylic acids is 2. The van der Waals surface area contributed by atoms with Crippen molar-refractivity contribution in [3.63, 3.8) is 0 Å². The van der Waals surface area contributed by atoms with Crippen molar-refractivity contribution in [2.75, 3.05) is 0 Å². The van der Waals surface area contributed by atoms with E-state index in [1.807, 2.05) is 24.3 Å². The first-order chi connectivity index (χ1) is 12.5. The van der Waals surface area contributed by atoms with Gasteiger partial charge in [-0.25, -0.2) is 0 Å². The Hall–Kier alpha value is -2.44. The average molecular weight is 433 g/mol. The van der Waals surface area contributed by atoms with Crippen molar-refractivity contribution in [3.8, 4) is 0 Å². The fraction of sp³-hybridized carbons (Fsp3) is 0.105. The van der Waals surface area contributed by atoms with Gasteiger partial charge in [0.25, 0.3) is 5.91 Å². The number of nitrogens with two attached hydrogens (primary N) is 1. The Morgan fingerprint density at radius 3 is 2.73 bits per heavy atom. The molecule has 0 fully saturated rings. The fourth-order valence-corrected chi connectivity index (χ4v) is 3.28. The SMILES string of the molecule is NC(=O)[C@@H](Cc1cc(Cl)ccc1Br)NC(=O)c1ccnc2ccccc12. The number of rotatable bonds is 5. The third-order valence-corrected chi connectivity index (χ3v) is 4.98. The van der Waals surface area contributed by atoms with Crippen molar-refractivity contribution >= 4 is 50.2 Å². The molecule has 0 aliphatic carbocycles. The third-order valence-electron chi connectivity index (χ3n) is 3.97. The molecule has 0 radical (unpaired) electrons. The molecule has 0 unspecified atom stereocenters. The molecule has 0 saturated heterocycles. The maximum atomic E-state index is 12.7. The first-order valence-electron chi connectivity index (χ1n) is 7.83. The highest BCUT2D eigenvalue weighted by Gasteiger charge is 2.21. The highest BCUT2D eigenvalue weighted by molar-refractivity contribution is 9.10. The smallest absolute Gasteiger partial charge is 0.252 e. The molecule has 1 atom stereocenters. The molecular formula is C19H15BrClN3O2. The highest BCUT2D eigenvalue weighted by Crippen LogP contribution is 2.23. The van der Waals surface area contributed by atoms with E-state index < -0.39 is 11.9 Å². The number of aromatic nitrogens is 1. The van der Waals surface area contributed by atoms with E-state index >= 15 is 0 Å². The monoisotopic (exact) mass is 431 g/mol. The van der Waals surface area contributed by atoms with Crippen LogP contribution in [0.25, 0.3) is 10.9 Å². The first-order valence-corrected chi connectivity index (χ1v) is 9.00. The predicted molar refractivity (Wildman–Crippen MR) is 105 cm³/mol. The van der Waals surface area contributed by atoms with Crippen LogP contribution >= 0.6 is 27.5 Å². The van der Waals surface area contributed by atoms with Crippen LogP contribution < -0.4 is 11.1 Å². The Bertz CT molecular complexity index is 988. The van der Waals surface area contributed by atoms with Crippen LogP contribution in [0.3, 0.4) is 0 Å². The Kier molecular flexibility index (Phi) is 5.54. The first kappa shape index (κ1) is 18.4. The molecular weight excluding hydrogens is 418 g/mol. The van der Waals surface area contributed by atoms with Crippen LogP contribution in [0.1, 0.15) is 15.9 Å². The van der Waals surface area contributed by atoms with Crippen LogP contribution in [0, 0.1) is 0 Å². The summed E-state index contributed by atoms with van der Waals surface area (Å²) in [5, 5.41) is 3.96. The number of carbonyl (C=O) groups is 2. The highest BCUT2D eigenvalue weighted by atomic mass is 79.9. The quantitative estimate of drug-likeness (QED) is 0.647. The molecule has 2 aromatic carbocycles. The number of hydrogen-bond acceptors (Lipinski definition) is 3. The number of primary amides is 1. The van der Waals surface area contributed by atoms with E-state index in [1.54, 1.807) is 30.5 Å². The van der Waals surface area contributed by atoms with Gasteiger partial charge in [-0.1, -0.05) is 45.7 Å². The minimum Gasteiger partial charge on any atom is -0.368 e. The number of halogens is 2. The van der Waals surface area contributed by atoms with E-state index in [4.69, 9.17) is 17.3 Å². The van der Waals surface area contributed by atoms with Gasteiger partial charge in [0.05, 0.1) is 11.1 Å². The van der Waals surface area contributed by atoms with Gasteiger partial charge in [-0.3, -0.25) is 14.6 Å². The van der Waals surface area contributed by atoms with Gasteiger partial charge >= 0.3 is 0 Å². The molecule has 0 spiro atoms. The van der Waals surface area contributed by atoms with Crippen LogP contribution in [0.5, 0.6) is 0 Å². The largest absolute Gasteiger partial charge is 0.368 e. The number of fused-ring (bicyclic) bond motifs is 1. The van der Waals surface area contributed by atoms with Gasteiger partial charge in [0.2, 0.25) is 5.91 Å². The minimum atomic E-state index is -0.871. The summed E-state index contributed by atoms with van der Waals surface area (Å²) in [6.07, 6.45) is 1.79. The number of pyridine rings is 1. The summed E-state index contributed by atoms with van der Waals surface area (Å²) >= 11 is 9.44. The van der Waals surface area contributed by atoms with Crippen molar-refractivity contribution in [3.05, 3.63) is 75.4 Å². The zero-order chi connectivity index (χ0) is 18.7. The number of para-hydroxylation sites is 1. The van der Waals surface area contributed by atoms with Crippen molar-refractivity contribution in [1.82, 2.24) is 10.3 Å². The van der Waals surface area contributed by atoms with E-state index in [0.717, 1.165) is 10.0 Å². The molecule has 0 aliphatic heterocycles. The third kappa shape index (κ3) is 4.03. The molecule has 0 aliphatic rings. The Morgan fingerprint density at radius 1 is 1.19 bits per heavy atom. The fourth-order valence-electron chi connectivity index (χ4n) is 2.67. The molecule has 7 heteroatoms. The summed E-state index contributed by atoms with van der Waals surface area (Å²) in [4.78, 5) is 28.8. The second kappa shape index (κ2) is 7.85.